The van der Waals surface area contributed by atoms with Crippen LogP contribution < -0.4 is 0 Å². The van der Waals surface area contributed by atoms with Crippen LogP contribution in [0.1, 0.15) is 39.5 Å². The number of unbranched alkanes of at least 4 members (excludes halogenated alkanes) is 1. The van der Waals surface area contributed by atoms with Gasteiger partial charge in [0.25, 0.3) is 0 Å². The smallest absolute Gasteiger partial charge is 0.0576 e. The average molecular weight is 143 g/mol. The average Bonchev–Trinajstić information content (AvgIpc) is 1.89. The molecular formula is C9H19O. The third-order valence-electron chi connectivity index (χ3n) is 1.46. The third-order valence-corrected chi connectivity index (χ3v) is 1.46. The predicted octanol–water partition coefficient (Wildman–Crippen LogP) is 2.81. The Morgan fingerprint density at radius 2 is 2.00 bits per heavy atom. The Hall–Kier alpha value is -0.0400. The van der Waals surface area contributed by atoms with Gasteiger partial charge in [-0.3, -0.25) is 0 Å². The SMILES string of the molecule is [CH2]C(CCC)OCCCC. The fraction of sp³-hybridized carbons (Fsp3) is 0.889. The second kappa shape index (κ2) is 7.07. The molecule has 1 atom stereocenters. The van der Waals surface area contributed by atoms with Crippen LogP contribution in [0, 0.1) is 6.92 Å². The van der Waals surface area contributed by atoms with E-state index in [4.69, 9.17) is 4.74 Å². The summed E-state index contributed by atoms with van der Waals surface area (Å²) in [5, 5.41) is 0. The van der Waals surface area contributed by atoms with Crippen molar-refractivity contribution in [1.29, 1.82) is 0 Å². The van der Waals surface area contributed by atoms with Gasteiger partial charge in [-0.15, -0.1) is 0 Å². The van der Waals surface area contributed by atoms with Crippen molar-refractivity contribution in [2.45, 2.75) is 45.6 Å². The second-order valence-corrected chi connectivity index (χ2v) is 2.64. The molecule has 0 aromatic heterocycles. The minimum absolute atomic E-state index is 0.219. The molecule has 0 aliphatic rings. The molecule has 0 bridgehead atoms. The normalized spacial score (nSPS) is 13.5. The lowest BCUT2D eigenvalue weighted by Gasteiger charge is -2.10. The first kappa shape index (κ1) is 9.96. The van der Waals surface area contributed by atoms with Crippen LogP contribution in [0.2, 0.25) is 0 Å². The van der Waals surface area contributed by atoms with Gasteiger partial charge in [0.2, 0.25) is 0 Å². The van der Waals surface area contributed by atoms with E-state index in [1.807, 2.05) is 0 Å². The van der Waals surface area contributed by atoms with Crippen LogP contribution in [0.25, 0.3) is 0 Å². The van der Waals surface area contributed by atoms with Crippen LogP contribution in [-0.4, -0.2) is 12.7 Å². The molecule has 0 N–H and O–H groups in total. The molecule has 0 amide bonds. The van der Waals surface area contributed by atoms with E-state index >= 15 is 0 Å². The molecule has 1 heteroatoms. The van der Waals surface area contributed by atoms with Crippen LogP contribution in [0.15, 0.2) is 0 Å². The highest BCUT2D eigenvalue weighted by Crippen LogP contribution is 2.01. The molecule has 1 radical (unpaired) electrons. The van der Waals surface area contributed by atoms with Crippen molar-refractivity contribution in [1.82, 2.24) is 0 Å². The van der Waals surface area contributed by atoms with Crippen molar-refractivity contribution >= 4 is 0 Å². The molecule has 61 valence electrons. The maximum atomic E-state index is 5.41. The summed E-state index contributed by atoms with van der Waals surface area (Å²) in [6, 6.07) is 0. The van der Waals surface area contributed by atoms with E-state index in [9.17, 15) is 0 Å². The molecule has 0 heterocycles. The summed E-state index contributed by atoms with van der Waals surface area (Å²) >= 11 is 0. The van der Waals surface area contributed by atoms with Crippen LogP contribution in [-0.2, 0) is 4.74 Å². The Labute approximate surface area is 64.8 Å². The van der Waals surface area contributed by atoms with Gasteiger partial charge in [0.1, 0.15) is 0 Å². The van der Waals surface area contributed by atoms with Gasteiger partial charge < -0.3 is 4.74 Å². The predicted molar refractivity (Wildman–Crippen MR) is 44.9 cm³/mol. The zero-order valence-electron chi connectivity index (χ0n) is 7.23. The topological polar surface area (TPSA) is 9.23 Å². The largest absolute Gasteiger partial charge is 0.378 e. The van der Waals surface area contributed by atoms with E-state index in [1.54, 1.807) is 0 Å². The Morgan fingerprint density at radius 3 is 2.50 bits per heavy atom. The number of rotatable bonds is 6. The fourth-order valence-corrected chi connectivity index (χ4v) is 0.800. The lowest BCUT2D eigenvalue weighted by Crippen LogP contribution is -2.08. The van der Waals surface area contributed by atoms with Crippen molar-refractivity contribution in [3.63, 3.8) is 0 Å². The van der Waals surface area contributed by atoms with Crippen LogP contribution >= 0.6 is 0 Å². The summed E-state index contributed by atoms with van der Waals surface area (Å²) in [6.45, 7) is 9.08. The summed E-state index contributed by atoms with van der Waals surface area (Å²) in [4.78, 5) is 0. The van der Waals surface area contributed by atoms with Gasteiger partial charge >= 0.3 is 0 Å². The van der Waals surface area contributed by atoms with Gasteiger partial charge in [-0.05, 0) is 19.8 Å². The molecule has 1 nitrogen and oxygen atoms in total. The first-order chi connectivity index (χ1) is 4.81. The van der Waals surface area contributed by atoms with Gasteiger partial charge in [0.05, 0.1) is 6.10 Å². The van der Waals surface area contributed by atoms with E-state index in [0.29, 0.717) is 0 Å². The van der Waals surface area contributed by atoms with Crippen molar-refractivity contribution in [3.8, 4) is 0 Å². The Kier molecular flexibility index (Phi) is 7.04. The first-order valence-electron chi connectivity index (χ1n) is 4.26. The zero-order valence-corrected chi connectivity index (χ0v) is 7.23. The Bertz CT molecular complexity index is 61.7. The number of ether oxygens (including phenoxy) is 1. The third kappa shape index (κ3) is 6.09. The van der Waals surface area contributed by atoms with Crippen LogP contribution in [0.4, 0.5) is 0 Å². The number of hydrogen-bond acceptors (Lipinski definition) is 1. The highest BCUT2D eigenvalue weighted by molar-refractivity contribution is 4.57. The van der Waals surface area contributed by atoms with Crippen LogP contribution in [0.5, 0.6) is 0 Å². The van der Waals surface area contributed by atoms with Crippen LogP contribution in [0.3, 0.4) is 0 Å². The monoisotopic (exact) mass is 143 g/mol. The summed E-state index contributed by atoms with van der Waals surface area (Å²) in [5.74, 6) is 0. The van der Waals surface area contributed by atoms with E-state index in [2.05, 4.69) is 20.8 Å². The van der Waals surface area contributed by atoms with Crippen molar-refractivity contribution in [3.05, 3.63) is 6.92 Å². The van der Waals surface area contributed by atoms with Crippen molar-refractivity contribution in [2.24, 2.45) is 0 Å². The minimum atomic E-state index is 0.219. The molecule has 0 aliphatic carbocycles. The highest BCUT2D eigenvalue weighted by atomic mass is 16.5. The molecular weight excluding hydrogens is 124 g/mol. The molecule has 0 aliphatic heterocycles. The van der Waals surface area contributed by atoms with E-state index < -0.39 is 0 Å². The van der Waals surface area contributed by atoms with E-state index in [1.165, 1.54) is 12.8 Å². The second-order valence-electron chi connectivity index (χ2n) is 2.64. The minimum Gasteiger partial charge on any atom is -0.378 e. The summed E-state index contributed by atoms with van der Waals surface area (Å²) in [5.41, 5.74) is 0. The fourth-order valence-electron chi connectivity index (χ4n) is 0.800. The van der Waals surface area contributed by atoms with Crippen molar-refractivity contribution in [2.75, 3.05) is 6.61 Å². The van der Waals surface area contributed by atoms with E-state index in [-0.39, 0.29) is 6.10 Å². The molecule has 0 aromatic carbocycles. The molecule has 0 fully saturated rings. The molecule has 10 heavy (non-hydrogen) atoms. The zero-order chi connectivity index (χ0) is 7.82. The lowest BCUT2D eigenvalue weighted by atomic mass is 10.2. The lowest BCUT2D eigenvalue weighted by molar-refractivity contribution is 0.0750. The molecule has 0 aromatic rings. The molecule has 0 saturated carbocycles. The molecule has 0 spiro atoms. The Morgan fingerprint density at radius 1 is 1.30 bits per heavy atom. The first-order valence-corrected chi connectivity index (χ1v) is 4.26. The van der Waals surface area contributed by atoms with Gasteiger partial charge in [-0.2, -0.15) is 0 Å². The summed E-state index contributed by atoms with van der Waals surface area (Å²) in [6.07, 6.45) is 4.84. The van der Waals surface area contributed by atoms with Crippen molar-refractivity contribution < 1.29 is 4.74 Å². The maximum absolute atomic E-state index is 5.41. The quantitative estimate of drug-likeness (QED) is 0.519. The van der Waals surface area contributed by atoms with Gasteiger partial charge in [0, 0.05) is 6.61 Å². The van der Waals surface area contributed by atoms with Gasteiger partial charge in [-0.1, -0.05) is 26.7 Å². The molecule has 0 rings (SSSR count). The molecule has 0 saturated heterocycles. The summed E-state index contributed by atoms with van der Waals surface area (Å²) < 4.78 is 5.41. The maximum Gasteiger partial charge on any atom is 0.0576 e. The highest BCUT2D eigenvalue weighted by Gasteiger charge is 1.97. The van der Waals surface area contributed by atoms with Gasteiger partial charge in [0.15, 0.2) is 0 Å². The number of hydrogen-bond donors (Lipinski definition) is 0. The standard InChI is InChI=1S/C9H19O/c1-4-6-8-10-9(3)7-5-2/h9H,3-8H2,1-2H3. The summed E-state index contributed by atoms with van der Waals surface area (Å²) in [7, 11) is 0. The van der Waals surface area contributed by atoms with E-state index in [0.717, 1.165) is 19.4 Å². The Balaban J connectivity index is 2.97. The molecule has 1 unspecified atom stereocenters. The van der Waals surface area contributed by atoms with Gasteiger partial charge in [-0.25, -0.2) is 0 Å².